The third-order valence-corrected chi connectivity index (χ3v) is 4.78. The molecule has 2 rings (SSSR count). The second-order valence-corrected chi connectivity index (χ2v) is 6.06. The first-order valence-corrected chi connectivity index (χ1v) is 7.29. The lowest BCUT2D eigenvalue weighted by Crippen LogP contribution is -2.61. The summed E-state index contributed by atoms with van der Waals surface area (Å²) in [6.07, 6.45) is 4.98. The van der Waals surface area contributed by atoms with Gasteiger partial charge in [-0.05, 0) is 71.5 Å². The van der Waals surface area contributed by atoms with Crippen molar-refractivity contribution in [3.05, 3.63) is 0 Å². The van der Waals surface area contributed by atoms with Gasteiger partial charge in [0.1, 0.15) is 5.54 Å². The molecule has 2 aliphatic heterocycles. The lowest BCUT2D eigenvalue weighted by Gasteiger charge is -2.45. The van der Waals surface area contributed by atoms with Gasteiger partial charge in [-0.2, -0.15) is 0 Å². The van der Waals surface area contributed by atoms with Gasteiger partial charge in [0, 0.05) is 6.04 Å². The predicted octanol–water partition coefficient (Wildman–Crippen LogP) is 1.70. The monoisotopic (exact) mass is 254 g/mol. The lowest BCUT2D eigenvalue weighted by atomic mass is 9.73. The van der Waals surface area contributed by atoms with E-state index in [-0.39, 0.29) is 0 Å². The van der Waals surface area contributed by atoms with Gasteiger partial charge < -0.3 is 15.3 Å². The van der Waals surface area contributed by atoms with E-state index in [1.54, 1.807) is 0 Å². The molecular formula is C14H26N2O2. The molecule has 2 saturated heterocycles. The summed E-state index contributed by atoms with van der Waals surface area (Å²) in [5, 5.41) is 13.0. The van der Waals surface area contributed by atoms with Crippen LogP contribution in [0.1, 0.15) is 46.0 Å². The van der Waals surface area contributed by atoms with Crippen molar-refractivity contribution >= 4 is 5.97 Å². The third-order valence-electron chi connectivity index (χ3n) is 4.78. The zero-order chi connectivity index (χ0) is 13.2. The first kappa shape index (κ1) is 13.8. The van der Waals surface area contributed by atoms with Crippen molar-refractivity contribution in [1.29, 1.82) is 0 Å². The van der Waals surface area contributed by atoms with Gasteiger partial charge in [0.25, 0.3) is 0 Å². The Morgan fingerprint density at radius 3 is 2.44 bits per heavy atom. The topological polar surface area (TPSA) is 52.6 Å². The molecular weight excluding hydrogens is 228 g/mol. The fourth-order valence-corrected chi connectivity index (χ4v) is 3.54. The number of carboxylic acids is 1. The van der Waals surface area contributed by atoms with Crippen LogP contribution in [0.5, 0.6) is 0 Å². The normalized spacial score (nSPS) is 31.7. The van der Waals surface area contributed by atoms with E-state index in [9.17, 15) is 9.90 Å². The Kier molecular flexibility index (Phi) is 4.28. The summed E-state index contributed by atoms with van der Waals surface area (Å²) in [6, 6.07) is 0.575. The Hall–Kier alpha value is -0.610. The summed E-state index contributed by atoms with van der Waals surface area (Å²) in [6.45, 7) is 7.37. The maximum Gasteiger partial charge on any atom is 0.324 e. The van der Waals surface area contributed by atoms with Gasteiger partial charge in [0.15, 0.2) is 0 Å². The fraction of sp³-hybridized carbons (Fsp3) is 0.929. The molecule has 0 aromatic heterocycles. The van der Waals surface area contributed by atoms with Crippen molar-refractivity contribution in [2.45, 2.75) is 57.5 Å². The van der Waals surface area contributed by atoms with Gasteiger partial charge in [-0.25, -0.2) is 0 Å². The molecule has 0 aromatic carbocycles. The quantitative estimate of drug-likeness (QED) is 0.805. The minimum absolute atomic E-state index is 0.297. The number of likely N-dealkylation sites (tertiary alicyclic amines) is 1. The van der Waals surface area contributed by atoms with Crippen LogP contribution in [-0.2, 0) is 4.79 Å². The molecule has 2 heterocycles. The number of carbonyl (C=O) groups is 1. The third kappa shape index (κ3) is 2.54. The molecule has 0 saturated carbocycles. The highest BCUT2D eigenvalue weighted by atomic mass is 16.4. The molecule has 1 unspecified atom stereocenters. The maximum atomic E-state index is 11.7. The van der Waals surface area contributed by atoms with E-state index < -0.39 is 11.5 Å². The Bertz CT molecular complexity index is 290. The number of hydrogen-bond donors (Lipinski definition) is 2. The Balaban J connectivity index is 2.03. The number of nitrogens with zero attached hydrogens (tertiary/aromatic N) is 1. The van der Waals surface area contributed by atoms with Gasteiger partial charge in [-0.3, -0.25) is 4.79 Å². The van der Waals surface area contributed by atoms with Gasteiger partial charge in [-0.15, -0.1) is 0 Å². The van der Waals surface area contributed by atoms with Crippen LogP contribution in [0.2, 0.25) is 0 Å². The molecule has 2 aliphatic rings. The predicted molar refractivity (Wildman–Crippen MR) is 71.7 cm³/mol. The van der Waals surface area contributed by atoms with E-state index in [0.29, 0.717) is 12.0 Å². The van der Waals surface area contributed by atoms with E-state index in [4.69, 9.17) is 0 Å². The first-order chi connectivity index (χ1) is 8.56. The molecule has 2 fully saturated rings. The van der Waals surface area contributed by atoms with Crippen LogP contribution in [0.25, 0.3) is 0 Å². The van der Waals surface area contributed by atoms with Crippen molar-refractivity contribution in [1.82, 2.24) is 10.2 Å². The van der Waals surface area contributed by atoms with E-state index in [0.717, 1.165) is 51.7 Å². The second kappa shape index (κ2) is 5.57. The summed E-state index contributed by atoms with van der Waals surface area (Å²) in [5.41, 5.74) is -0.638. The van der Waals surface area contributed by atoms with Crippen molar-refractivity contribution in [3.63, 3.8) is 0 Å². The zero-order valence-corrected chi connectivity index (χ0v) is 11.6. The molecule has 0 amide bonds. The molecule has 0 aliphatic carbocycles. The van der Waals surface area contributed by atoms with Crippen molar-refractivity contribution in [2.24, 2.45) is 5.92 Å². The highest BCUT2D eigenvalue weighted by molar-refractivity contribution is 5.79. The molecule has 0 radical (unpaired) electrons. The number of hydrogen-bond acceptors (Lipinski definition) is 3. The number of aliphatic carboxylic acids is 1. The number of carboxylic acid groups (broad SMARTS) is 1. The Morgan fingerprint density at radius 2 is 2.00 bits per heavy atom. The van der Waals surface area contributed by atoms with E-state index in [1.807, 2.05) is 0 Å². The SMILES string of the molecule is CC(C)N1CCC(C2(C(=O)O)CCCCN2)CC1. The minimum atomic E-state index is -0.638. The molecule has 1 atom stereocenters. The number of rotatable bonds is 3. The van der Waals surface area contributed by atoms with Crippen molar-refractivity contribution in [2.75, 3.05) is 19.6 Å². The van der Waals surface area contributed by atoms with Crippen LogP contribution >= 0.6 is 0 Å². The molecule has 18 heavy (non-hydrogen) atoms. The van der Waals surface area contributed by atoms with Gasteiger partial charge >= 0.3 is 5.97 Å². The summed E-state index contributed by atoms with van der Waals surface area (Å²) in [5.74, 6) is -0.338. The highest BCUT2D eigenvalue weighted by Crippen LogP contribution is 2.35. The molecule has 104 valence electrons. The fourth-order valence-electron chi connectivity index (χ4n) is 3.54. The van der Waals surface area contributed by atoms with E-state index in [2.05, 4.69) is 24.1 Å². The lowest BCUT2D eigenvalue weighted by molar-refractivity contribution is -0.150. The minimum Gasteiger partial charge on any atom is -0.480 e. The number of piperidine rings is 2. The second-order valence-electron chi connectivity index (χ2n) is 6.06. The van der Waals surface area contributed by atoms with Gasteiger partial charge in [0.2, 0.25) is 0 Å². The van der Waals surface area contributed by atoms with Crippen LogP contribution in [0.3, 0.4) is 0 Å². The zero-order valence-electron chi connectivity index (χ0n) is 11.6. The molecule has 0 spiro atoms. The molecule has 4 heteroatoms. The van der Waals surface area contributed by atoms with Crippen LogP contribution in [0.4, 0.5) is 0 Å². The van der Waals surface area contributed by atoms with Gasteiger partial charge in [0.05, 0.1) is 0 Å². The largest absolute Gasteiger partial charge is 0.480 e. The first-order valence-electron chi connectivity index (χ1n) is 7.29. The molecule has 2 N–H and O–H groups in total. The van der Waals surface area contributed by atoms with Crippen LogP contribution in [0.15, 0.2) is 0 Å². The summed E-state index contributed by atoms with van der Waals surface area (Å²) in [7, 11) is 0. The summed E-state index contributed by atoms with van der Waals surface area (Å²) in [4.78, 5) is 14.2. The smallest absolute Gasteiger partial charge is 0.324 e. The van der Waals surface area contributed by atoms with Crippen LogP contribution < -0.4 is 5.32 Å². The summed E-state index contributed by atoms with van der Waals surface area (Å²) < 4.78 is 0. The van der Waals surface area contributed by atoms with Gasteiger partial charge in [-0.1, -0.05) is 0 Å². The summed E-state index contributed by atoms with van der Waals surface area (Å²) >= 11 is 0. The van der Waals surface area contributed by atoms with Crippen molar-refractivity contribution < 1.29 is 9.90 Å². The molecule has 0 aromatic rings. The molecule has 4 nitrogen and oxygen atoms in total. The number of nitrogens with one attached hydrogen (secondary N) is 1. The highest BCUT2D eigenvalue weighted by Gasteiger charge is 2.47. The maximum absolute atomic E-state index is 11.7. The van der Waals surface area contributed by atoms with E-state index >= 15 is 0 Å². The van der Waals surface area contributed by atoms with E-state index in [1.165, 1.54) is 0 Å². The average molecular weight is 254 g/mol. The Morgan fingerprint density at radius 1 is 1.33 bits per heavy atom. The standard InChI is InChI=1S/C14H26N2O2/c1-11(2)16-9-5-12(6-10-16)14(13(17)18)7-3-4-8-15-14/h11-12,15H,3-10H2,1-2H3,(H,17,18). The van der Waals surface area contributed by atoms with Crippen molar-refractivity contribution in [3.8, 4) is 0 Å². The van der Waals surface area contributed by atoms with Crippen LogP contribution in [-0.4, -0.2) is 47.2 Å². The molecule has 0 bridgehead atoms. The Labute approximate surface area is 110 Å². The average Bonchev–Trinajstić information content (AvgIpc) is 2.39. The van der Waals surface area contributed by atoms with Crippen LogP contribution in [0, 0.1) is 5.92 Å².